The van der Waals surface area contributed by atoms with Gasteiger partial charge in [0.1, 0.15) is 11.8 Å². The summed E-state index contributed by atoms with van der Waals surface area (Å²) in [5.41, 5.74) is -0.694. The van der Waals surface area contributed by atoms with Crippen LogP contribution < -0.4 is 9.80 Å². The van der Waals surface area contributed by atoms with Crippen molar-refractivity contribution in [2.75, 3.05) is 22.9 Å². The summed E-state index contributed by atoms with van der Waals surface area (Å²) in [6.07, 6.45) is 2.17. The minimum atomic E-state index is -4.50. The Hall–Kier alpha value is -2.96. The second-order valence-electron chi connectivity index (χ2n) is 6.61. The van der Waals surface area contributed by atoms with E-state index in [1.54, 1.807) is 0 Å². The SMILES string of the molecule is N#Cc1nccnc1N1CCC(N(c2nccc(C(F)(F)F)n2)C2CC2)C1. The normalized spacial score (nSPS) is 19.8. The van der Waals surface area contributed by atoms with Crippen molar-refractivity contribution in [3.8, 4) is 6.07 Å². The summed E-state index contributed by atoms with van der Waals surface area (Å²) < 4.78 is 39.1. The first-order chi connectivity index (χ1) is 13.0. The highest BCUT2D eigenvalue weighted by Crippen LogP contribution is 2.36. The van der Waals surface area contributed by atoms with Gasteiger partial charge in [0.2, 0.25) is 5.95 Å². The highest BCUT2D eigenvalue weighted by molar-refractivity contribution is 5.51. The molecule has 0 aromatic carbocycles. The average Bonchev–Trinajstić information content (AvgIpc) is 3.38. The Kier molecular flexibility index (Phi) is 4.30. The second-order valence-corrected chi connectivity index (χ2v) is 6.61. The number of nitrogens with zero attached hydrogens (tertiary/aromatic N) is 7. The maximum absolute atomic E-state index is 13.0. The zero-order valence-corrected chi connectivity index (χ0v) is 14.3. The molecule has 140 valence electrons. The van der Waals surface area contributed by atoms with Gasteiger partial charge < -0.3 is 9.80 Å². The molecule has 0 radical (unpaired) electrons. The molecule has 10 heteroatoms. The largest absolute Gasteiger partial charge is 0.433 e. The van der Waals surface area contributed by atoms with E-state index in [-0.39, 0.29) is 23.7 Å². The van der Waals surface area contributed by atoms with E-state index in [2.05, 4.69) is 19.9 Å². The molecule has 4 rings (SSSR count). The third-order valence-corrected chi connectivity index (χ3v) is 4.75. The van der Waals surface area contributed by atoms with Crippen LogP contribution in [0.5, 0.6) is 0 Å². The quantitative estimate of drug-likeness (QED) is 0.812. The highest BCUT2D eigenvalue weighted by atomic mass is 19.4. The Morgan fingerprint density at radius 3 is 2.56 bits per heavy atom. The first-order valence-electron chi connectivity index (χ1n) is 8.62. The summed E-state index contributed by atoms with van der Waals surface area (Å²) >= 11 is 0. The van der Waals surface area contributed by atoms with Crippen molar-refractivity contribution in [2.45, 2.75) is 37.5 Å². The molecule has 27 heavy (non-hydrogen) atoms. The van der Waals surface area contributed by atoms with Gasteiger partial charge in [-0.05, 0) is 25.3 Å². The number of aromatic nitrogens is 4. The molecule has 0 amide bonds. The molecule has 1 unspecified atom stereocenters. The van der Waals surface area contributed by atoms with Gasteiger partial charge in [-0.25, -0.2) is 19.9 Å². The minimum absolute atomic E-state index is 0.0467. The van der Waals surface area contributed by atoms with Gasteiger partial charge in [0.15, 0.2) is 11.5 Å². The van der Waals surface area contributed by atoms with E-state index in [9.17, 15) is 18.4 Å². The van der Waals surface area contributed by atoms with Crippen molar-refractivity contribution in [1.82, 2.24) is 19.9 Å². The van der Waals surface area contributed by atoms with Gasteiger partial charge in [-0.2, -0.15) is 18.4 Å². The van der Waals surface area contributed by atoms with Crippen molar-refractivity contribution < 1.29 is 13.2 Å². The molecule has 1 saturated carbocycles. The van der Waals surface area contributed by atoms with Crippen molar-refractivity contribution in [3.05, 3.63) is 36.0 Å². The van der Waals surface area contributed by atoms with E-state index in [1.807, 2.05) is 15.9 Å². The van der Waals surface area contributed by atoms with E-state index < -0.39 is 11.9 Å². The van der Waals surface area contributed by atoms with Gasteiger partial charge in [-0.15, -0.1) is 0 Å². The summed E-state index contributed by atoms with van der Waals surface area (Å²) in [5.74, 6) is 0.613. The summed E-state index contributed by atoms with van der Waals surface area (Å²) in [5, 5.41) is 9.22. The van der Waals surface area contributed by atoms with E-state index >= 15 is 0 Å². The molecule has 2 aromatic rings. The van der Waals surface area contributed by atoms with Crippen molar-refractivity contribution >= 4 is 11.8 Å². The van der Waals surface area contributed by atoms with Gasteiger partial charge in [-0.3, -0.25) is 0 Å². The summed E-state index contributed by atoms with van der Waals surface area (Å²) in [7, 11) is 0. The fraction of sp³-hybridized carbons (Fsp3) is 0.471. The van der Waals surface area contributed by atoms with Crippen LogP contribution in [0.4, 0.5) is 24.9 Å². The van der Waals surface area contributed by atoms with E-state index in [0.29, 0.717) is 18.9 Å². The molecule has 0 bridgehead atoms. The molecule has 1 saturated heterocycles. The highest BCUT2D eigenvalue weighted by Gasteiger charge is 2.41. The van der Waals surface area contributed by atoms with E-state index in [1.165, 1.54) is 12.4 Å². The Bertz CT molecular complexity index is 875. The Morgan fingerprint density at radius 2 is 1.85 bits per heavy atom. The first kappa shape index (κ1) is 17.5. The molecule has 7 nitrogen and oxygen atoms in total. The van der Waals surface area contributed by atoms with Crippen LogP contribution >= 0.6 is 0 Å². The third-order valence-electron chi connectivity index (χ3n) is 4.75. The number of hydrogen-bond acceptors (Lipinski definition) is 7. The Labute approximate surface area is 153 Å². The van der Waals surface area contributed by atoms with Gasteiger partial charge >= 0.3 is 6.18 Å². The molecule has 1 aliphatic heterocycles. The second kappa shape index (κ2) is 6.64. The van der Waals surface area contributed by atoms with Crippen LogP contribution in [0.1, 0.15) is 30.7 Å². The topological polar surface area (TPSA) is 81.8 Å². The number of rotatable bonds is 4. The number of alkyl halides is 3. The lowest BCUT2D eigenvalue weighted by atomic mass is 10.2. The van der Waals surface area contributed by atoms with Crippen molar-refractivity contribution in [3.63, 3.8) is 0 Å². The molecule has 0 N–H and O–H groups in total. The van der Waals surface area contributed by atoms with Crippen molar-refractivity contribution in [2.24, 2.45) is 0 Å². The van der Waals surface area contributed by atoms with Gasteiger partial charge in [0.25, 0.3) is 0 Å². The van der Waals surface area contributed by atoms with E-state index in [4.69, 9.17) is 0 Å². The lowest BCUT2D eigenvalue weighted by Crippen LogP contribution is -2.41. The van der Waals surface area contributed by atoms with Crippen LogP contribution in [-0.4, -0.2) is 45.1 Å². The number of hydrogen-bond donors (Lipinski definition) is 0. The number of anilines is 2. The van der Waals surface area contributed by atoms with Crippen LogP contribution in [-0.2, 0) is 6.18 Å². The maximum Gasteiger partial charge on any atom is 0.433 e. The summed E-state index contributed by atoms with van der Waals surface area (Å²) in [6, 6.07) is 3.01. The molecule has 2 aliphatic rings. The maximum atomic E-state index is 13.0. The molecular weight excluding hydrogens is 359 g/mol. The van der Waals surface area contributed by atoms with Crippen molar-refractivity contribution in [1.29, 1.82) is 5.26 Å². The van der Waals surface area contributed by atoms with Gasteiger partial charge in [0, 0.05) is 37.7 Å². The summed E-state index contributed by atoms with van der Waals surface area (Å²) in [4.78, 5) is 20.0. The zero-order valence-electron chi connectivity index (χ0n) is 14.3. The summed E-state index contributed by atoms with van der Waals surface area (Å²) in [6.45, 7) is 1.17. The Morgan fingerprint density at radius 1 is 1.07 bits per heavy atom. The first-order valence-corrected chi connectivity index (χ1v) is 8.62. The fourth-order valence-corrected chi connectivity index (χ4v) is 3.41. The average molecular weight is 375 g/mol. The molecule has 1 aliphatic carbocycles. The molecule has 2 fully saturated rings. The molecular formula is C17H16F3N7. The van der Waals surface area contributed by atoms with Crippen LogP contribution in [0.2, 0.25) is 0 Å². The van der Waals surface area contributed by atoms with Gasteiger partial charge in [-0.1, -0.05) is 0 Å². The standard InChI is InChI=1S/C17H16F3N7/c18-17(19,20)14-3-5-24-16(25-14)27(11-1-2-11)12-4-8-26(10-12)15-13(9-21)22-6-7-23-15/h3,5-7,11-12H,1-2,4,8,10H2. The lowest BCUT2D eigenvalue weighted by Gasteiger charge is -2.29. The smallest absolute Gasteiger partial charge is 0.352 e. The minimum Gasteiger partial charge on any atom is -0.352 e. The zero-order chi connectivity index (χ0) is 19.0. The predicted octanol–water partition coefficient (Wildman–Crippen LogP) is 2.40. The molecule has 3 heterocycles. The fourth-order valence-electron chi connectivity index (χ4n) is 3.41. The van der Waals surface area contributed by atoms with E-state index in [0.717, 1.165) is 31.5 Å². The monoisotopic (exact) mass is 375 g/mol. The predicted molar refractivity (Wildman–Crippen MR) is 89.9 cm³/mol. The van der Waals surface area contributed by atoms with Crippen LogP contribution in [0, 0.1) is 11.3 Å². The Balaban J connectivity index is 1.59. The molecule has 1 atom stereocenters. The number of nitriles is 1. The van der Waals surface area contributed by atoms with Crippen LogP contribution in [0.15, 0.2) is 24.7 Å². The molecule has 0 spiro atoms. The molecule has 2 aromatic heterocycles. The van der Waals surface area contributed by atoms with Gasteiger partial charge in [0.05, 0.1) is 6.04 Å². The third kappa shape index (κ3) is 3.49. The van der Waals surface area contributed by atoms with Crippen LogP contribution in [0.25, 0.3) is 0 Å². The van der Waals surface area contributed by atoms with Crippen LogP contribution in [0.3, 0.4) is 0 Å². The lowest BCUT2D eigenvalue weighted by molar-refractivity contribution is -0.141. The number of halogens is 3.